The molecule has 0 radical (unpaired) electrons. The molecule has 94 valence electrons. The summed E-state index contributed by atoms with van der Waals surface area (Å²) < 4.78 is 0. The summed E-state index contributed by atoms with van der Waals surface area (Å²) >= 11 is 0. The van der Waals surface area contributed by atoms with Crippen molar-refractivity contribution in [3.63, 3.8) is 0 Å². The number of hydrogen-bond acceptors (Lipinski definition) is 2. The fourth-order valence-corrected chi connectivity index (χ4v) is 2.47. The minimum atomic E-state index is -0.301. The van der Waals surface area contributed by atoms with Crippen molar-refractivity contribution < 1.29 is 9.59 Å². The molecule has 1 atom stereocenters. The van der Waals surface area contributed by atoms with Gasteiger partial charge in [-0.1, -0.05) is 48.5 Å². The number of hydrogen-bond donors (Lipinski definition) is 1. The number of benzene rings is 2. The Hall–Kier alpha value is -2.42. The van der Waals surface area contributed by atoms with E-state index in [0.717, 1.165) is 11.1 Å². The molecule has 1 N–H and O–H groups in total. The molecule has 0 fully saturated rings. The average molecular weight is 251 g/mol. The third-order valence-electron chi connectivity index (χ3n) is 3.42. The Bertz CT molecular complexity index is 634. The van der Waals surface area contributed by atoms with Gasteiger partial charge in [-0.3, -0.25) is 14.9 Å². The zero-order valence-corrected chi connectivity index (χ0v) is 10.3. The molecule has 2 amide bonds. The van der Waals surface area contributed by atoms with Gasteiger partial charge in [0.25, 0.3) is 5.91 Å². The molecule has 0 saturated heterocycles. The maximum absolute atomic E-state index is 12.0. The van der Waals surface area contributed by atoms with Crippen LogP contribution in [0.4, 0.5) is 0 Å². The van der Waals surface area contributed by atoms with Gasteiger partial charge in [-0.2, -0.15) is 0 Å². The van der Waals surface area contributed by atoms with Crippen molar-refractivity contribution >= 4 is 11.8 Å². The lowest BCUT2D eigenvalue weighted by Crippen LogP contribution is -2.41. The van der Waals surface area contributed by atoms with Crippen LogP contribution in [0.3, 0.4) is 0 Å². The first-order valence-electron chi connectivity index (χ1n) is 6.24. The number of nitrogens with one attached hydrogen (secondary N) is 1. The topological polar surface area (TPSA) is 46.2 Å². The third kappa shape index (κ3) is 2.15. The summed E-state index contributed by atoms with van der Waals surface area (Å²) in [7, 11) is 0. The summed E-state index contributed by atoms with van der Waals surface area (Å²) in [6, 6.07) is 17.1. The first-order valence-corrected chi connectivity index (χ1v) is 6.24. The zero-order chi connectivity index (χ0) is 13.2. The molecular weight excluding hydrogens is 238 g/mol. The second-order valence-corrected chi connectivity index (χ2v) is 4.65. The molecule has 1 heterocycles. The highest BCUT2D eigenvalue weighted by Crippen LogP contribution is 2.27. The van der Waals surface area contributed by atoms with Crippen LogP contribution < -0.4 is 5.32 Å². The monoisotopic (exact) mass is 251 g/mol. The van der Waals surface area contributed by atoms with Gasteiger partial charge in [0.2, 0.25) is 5.91 Å². The van der Waals surface area contributed by atoms with E-state index in [0.29, 0.717) is 12.0 Å². The van der Waals surface area contributed by atoms with Crippen LogP contribution in [0.15, 0.2) is 54.6 Å². The van der Waals surface area contributed by atoms with E-state index < -0.39 is 0 Å². The number of carbonyl (C=O) groups excluding carboxylic acids is 2. The molecule has 3 rings (SSSR count). The molecule has 0 aliphatic carbocycles. The third-order valence-corrected chi connectivity index (χ3v) is 3.42. The van der Waals surface area contributed by atoms with Crippen molar-refractivity contribution in [2.24, 2.45) is 0 Å². The van der Waals surface area contributed by atoms with E-state index in [1.807, 2.05) is 48.5 Å². The predicted molar refractivity (Wildman–Crippen MR) is 71.8 cm³/mol. The van der Waals surface area contributed by atoms with E-state index in [1.54, 1.807) is 6.07 Å². The zero-order valence-electron chi connectivity index (χ0n) is 10.3. The van der Waals surface area contributed by atoms with Crippen LogP contribution >= 0.6 is 0 Å². The Balaban J connectivity index is 1.99. The molecule has 2 aromatic carbocycles. The number of rotatable bonds is 2. The fraction of sp³-hybridized carbons (Fsp3) is 0.125. The second kappa shape index (κ2) is 4.69. The number of carbonyl (C=O) groups is 2. The average Bonchev–Trinajstić information content (AvgIpc) is 2.45. The van der Waals surface area contributed by atoms with Crippen LogP contribution in [0.5, 0.6) is 0 Å². The van der Waals surface area contributed by atoms with Crippen molar-refractivity contribution in [3.05, 3.63) is 71.3 Å². The summed E-state index contributed by atoms with van der Waals surface area (Å²) in [5, 5.41) is 2.43. The van der Waals surface area contributed by atoms with Crippen LogP contribution in [0, 0.1) is 0 Å². The van der Waals surface area contributed by atoms with Crippen molar-refractivity contribution in [2.75, 3.05) is 0 Å². The molecule has 1 aliphatic rings. The van der Waals surface area contributed by atoms with Gasteiger partial charge in [0.15, 0.2) is 0 Å². The minimum absolute atomic E-state index is 0.215. The number of amides is 2. The Morgan fingerprint density at radius 2 is 1.58 bits per heavy atom. The highest BCUT2D eigenvalue weighted by atomic mass is 16.2. The van der Waals surface area contributed by atoms with Crippen LogP contribution in [-0.4, -0.2) is 11.8 Å². The normalized spacial score (nSPS) is 17.8. The molecule has 0 aromatic heterocycles. The molecule has 3 nitrogen and oxygen atoms in total. The molecular formula is C16H13NO2. The highest BCUT2D eigenvalue weighted by Gasteiger charge is 2.31. The largest absolute Gasteiger partial charge is 0.292 e. The molecule has 0 spiro atoms. The Kier molecular flexibility index (Phi) is 2.88. The predicted octanol–water partition coefficient (Wildman–Crippen LogP) is 2.28. The highest BCUT2D eigenvalue weighted by molar-refractivity contribution is 6.11. The van der Waals surface area contributed by atoms with E-state index >= 15 is 0 Å². The molecule has 1 unspecified atom stereocenters. The lowest BCUT2D eigenvalue weighted by atomic mass is 9.85. The molecule has 0 bridgehead atoms. The molecule has 19 heavy (non-hydrogen) atoms. The Labute approximate surface area is 111 Å². The van der Waals surface area contributed by atoms with Gasteiger partial charge in [0.1, 0.15) is 0 Å². The van der Waals surface area contributed by atoms with Crippen molar-refractivity contribution in [2.45, 2.75) is 12.3 Å². The van der Waals surface area contributed by atoms with E-state index in [4.69, 9.17) is 0 Å². The van der Waals surface area contributed by atoms with Crippen LogP contribution in [0.1, 0.15) is 27.4 Å². The number of fused-ring (bicyclic) bond motifs is 1. The van der Waals surface area contributed by atoms with Crippen molar-refractivity contribution in [1.29, 1.82) is 0 Å². The van der Waals surface area contributed by atoms with E-state index in [2.05, 4.69) is 5.32 Å². The summed E-state index contributed by atoms with van der Waals surface area (Å²) in [6.07, 6.45) is 0.608. The van der Waals surface area contributed by atoms with Gasteiger partial charge in [-0.25, -0.2) is 0 Å². The lowest BCUT2D eigenvalue weighted by molar-refractivity contribution is -0.121. The summed E-state index contributed by atoms with van der Waals surface area (Å²) in [4.78, 5) is 23.8. The molecule has 3 heteroatoms. The Morgan fingerprint density at radius 3 is 2.37 bits per heavy atom. The molecule has 1 aliphatic heterocycles. The van der Waals surface area contributed by atoms with Gasteiger partial charge >= 0.3 is 0 Å². The first kappa shape index (κ1) is 11.7. The van der Waals surface area contributed by atoms with E-state index in [1.165, 1.54) is 0 Å². The summed E-state index contributed by atoms with van der Waals surface area (Å²) in [5.74, 6) is -0.811. The van der Waals surface area contributed by atoms with E-state index in [-0.39, 0.29) is 17.7 Å². The smallest absolute Gasteiger partial charge is 0.258 e. The maximum atomic E-state index is 12.0. The minimum Gasteiger partial charge on any atom is -0.292 e. The van der Waals surface area contributed by atoms with Crippen molar-refractivity contribution in [1.82, 2.24) is 5.32 Å². The second-order valence-electron chi connectivity index (χ2n) is 4.65. The van der Waals surface area contributed by atoms with Crippen LogP contribution in [0.2, 0.25) is 0 Å². The number of imide groups is 1. The van der Waals surface area contributed by atoms with E-state index in [9.17, 15) is 9.59 Å². The van der Waals surface area contributed by atoms with Crippen LogP contribution in [0.25, 0.3) is 0 Å². The SMILES string of the molecule is O=C1NC(=O)C(Cc2ccccc2)c2ccccc21. The van der Waals surface area contributed by atoms with Gasteiger partial charge < -0.3 is 0 Å². The summed E-state index contributed by atoms with van der Waals surface area (Å²) in [5.41, 5.74) is 2.51. The fourth-order valence-electron chi connectivity index (χ4n) is 2.47. The standard InChI is InChI=1S/C16H13NO2/c18-15-13-9-5-4-8-12(13)14(16(19)17-15)10-11-6-2-1-3-7-11/h1-9,14H,10H2,(H,17,18,19). The van der Waals surface area contributed by atoms with Gasteiger partial charge in [0, 0.05) is 5.56 Å². The quantitative estimate of drug-likeness (QED) is 0.832. The maximum Gasteiger partial charge on any atom is 0.258 e. The Morgan fingerprint density at radius 1 is 0.895 bits per heavy atom. The molecule has 2 aromatic rings. The lowest BCUT2D eigenvalue weighted by Gasteiger charge is -2.24. The van der Waals surface area contributed by atoms with Gasteiger partial charge in [-0.15, -0.1) is 0 Å². The summed E-state index contributed by atoms with van der Waals surface area (Å²) in [6.45, 7) is 0. The first-order chi connectivity index (χ1) is 9.25. The van der Waals surface area contributed by atoms with Gasteiger partial charge in [0.05, 0.1) is 5.92 Å². The van der Waals surface area contributed by atoms with Gasteiger partial charge in [-0.05, 0) is 23.6 Å². The molecule has 0 saturated carbocycles. The van der Waals surface area contributed by atoms with Crippen LogP contribution in [-0.2, 0) is 11.2 Å². The van der Waals surface area contributed by atoms with Crippen molar-refractivity contribution in [3.8, 4) is 0 Å².